The first-order valence-corrected chi connectivity index (χ1v) is 9.64. The number of para-hydroxylation sites is 2. The van der Waals surface area contributed by atoms with E-state index in [1.54, 1.807) is 19.0 Å². The maximum absolute atomic E-state index is 11.7. The highest BCUT2D eigenvalue weighted by Gasteiger charge is 2.08. The molecule has 0 aliphatic carbocycles. The number of carbonyl (C=O) groups excluding carboxylic acids is 1. The molecule has 0 amide bonds. The number of nitrogens with two attached hydrogens (primary N) is 1. The summed E-state index contributed by atoms with van der Waals surface area (Å²) in [6.45, 7) is 7.20. The Kier molecular flexibility index (Phi) is 8.08. The van der Waals surface area contributed by atoms with E-state index in [0.717, 1.165) is 29.1 Å². The lowest BCUT2D eigenvalue weighted by molar-refractivity contribution is 0.101. The minimum Gasteiger partial charge on any atom is -0.491 e. The van der Waals surface area contributed by atoms with Crippen molar-refractivity contribution in [2.45, 2.75) is 27.2 Å². The number of hydrogen-bond acceptors (Lipinski definition) is 5. The van der Waals surface area contributed by atoms with E-state index in [2.05, 4.69) is 19.2 Å². The lowest BCUT2D eigenvalue weighted by Crippen LogP contribution is -2.25. The predicted octanol–water partition coefficient (Wildman–Crippen LogP) is 4.57. The molecule has 2 rings (SSSR count). The van der Waals surface area contributed by atoms with Gasteiger partial charge in [0.1, 0.15) is 5.75 Å². The maximum atomic E-state index is 11.7. The number of rotatable bonds is 10. The van der Waals surface area contributed by atoms with Crippen LogP contribution in [0.3, 0.4) is 0 Å². The Balaban J connectivity index is 2.11. The van der Waals surface area contributed by atoms with Crippen LogP contribution in [0.15, 0.2) is 54.6 Å². The predicted molar refractivity (Wildman–Crippen MR) is 116 cm³/mol. The van der Waals surface area contributed by atoms with E-state index in [1.807, 2.05) is 54.6 Å². The molecule has 0 fully saturated rings. The van der Waals surface area contributed by atoms with Gasteiger partial charge < -0.3 is 15.1 Å². The number of Topliss-reactive ketones (excluding diaryl/α,β-unsaturated/α-hetero) is 1. The highest BCUT2D eigenvalue weighted by molar-refractivity contribution is 5.94. The quantitative estimate of drug-likeness (QED) is 0.358. The molecule has 2 aromatic rings. The van der Waals surface area contributed by atoms with E-state index in [4.69, 9.17) is 10.6 Å². The van der Waals surface area contributed by atoms with Crippen molar-refractivity contribution < 1.29 is 9.53 Å². The smallest absolute Gasteiger partial charge is 0.159 e. The van der Waals surface area contributed by atoms with Gasteiger partial charge in [-0.05, 0) is 49.1 Å². The van der Waals surface area contributed by atoms with E-state index < -0.39 is 0 Å². The molecule has 5 heteroatoms. The first-order valence-electron chi connectivity index (χ1n) is 9.64. The first kappa shape index (κ1) is 21.5. The summed E-state index contributed by atoms with van der Waals surface area (Å²) >= 11 is 0. The van der Waals surface area contributed by atoms with Crippen LogP contribution in [0.4, 0.5) is 5.69 Å². The maximum Gasteiger partial charge on any atom is 0.159 e. The summed E-state index contributed by atoms with van der Waals surface area (Å²) in [7, 11) is 1.79. The Morgan fingerprint density at radius 2 is 1.89 bits per heavy atom. The number of nitrogens with zero attached hydrogens (tertiary/aromatic N) is 1. The van der Waals surface area contributed by atoms with E-state index in [1.165, 1.54) is 0 Å². The number of nitrogens with one attached hydrogen (secondary N) is 1. The third-order valence-electron chi connectivity index (χ3n) is 4.37. The van der Waals surface area contributed by atoms with E-state index >= 15 is 0 Å². The van der Waals surface area contributed by atoms with Crippen molar-refractivity contribution in [3.63, 3.8) is 0 Å². The summed E-state index contributed by atoms with van der Waals surface area (Å²) < 4.78 is 5.92. The fraction of sp³-hybridized carbons (Fsp3) is 0.348. The summed E-state index contributed by atoms with van der Waals surface area (Å²) in [4.78, 5) is 11.7. The highest BCUT2D eigenvalue weighted by atomic mass is 16.5. The van der Waals surface area contributed by atoms with E-state index in [9.17, 15) is 4.79 Å². The second-order valence-electron chi connectivity index (χ2n) is 7.25. The minimum atomic E-state index is 0.0338. The topological polar surface area (TPSA) is 67.6 Å². The molecule has 0 spiro atoms. The van der Waals surface area contributed by atoms with Crippen LogP contribution in [0.1, 0.15) is 43.1 Å². The lowest BCUT2D eigenvalue weighted by Gasteiger charge is -2.18. The standard InChI is InChI=1S/C23H31N3O2/c1-17(2)13-15-28-23-11-6-5-10-21(23)25-14-12-22(26(4)24)20-9-7-8-19(16-20)18(3)27/h5-12,16-17,25H,13-15,24H2,1-4H3/b22-12-. The largest absolute Gasteiger partial charge is 0.491 e. The lowest BCUT2D eigenvalue weighted by atomic mass is 10.1. The molecule has 2 aromatic carbocycles. The number of hydrogen-bond donors (Lipinski definition) is 2. The number of ether oxygens (including phenoxy) is 1. The highest BCUT2D eigenvalue weighted by Crippen LogP contribution is 2.24. The molecular weight excluding hydrogens is 350 g/mol. The summed E-state index contributed by atoms with van der Waals surface area (Å²) in [6.07, 6.45) is 3.02. The van der Waals surface area contributed by atoms with Gasteiger partial charge in [-0.1, -0.05) is 44.2 Å². The second-order valence-corrected chi connectivity index (χ2v) is 7.25. The monoisotopic (exact) mass is 381 g/mol. The van der Waals surface area contributed by atoms with Crippen molar-refractivity contribution >= 4 is 17.2 Å². The Morgan fingerprint density at radius 1 is 1.18 bits per heavy atom. The van der Waals surface area contributed by atoms with E-state index in [0.29, 0.717) is 24.6 Å². The van der Waals surface area contributed by atoms with Crippen molar-refractivity contribution in [2.75, 3.05) is 25.5 Å². The average molecular weight is 382 g/mol. The van der Waals surface area contributed by atoms with Crippen LogP contribution >= 0.6 is 0 Å². The molecule has 3 N–H and O–H groups in total. The molecule has 0 aliphatic heterocycles. The number of carbonyl (C=O) groups is 1. The Bertz CT molecular complexity index is 813. The average Bonchev–Trinajstić information content (AvgIpc) is 2.65. The molecule has 0 aliphatic rings. The molecule has 0 saturated heterocycles. The van der Waals surface area contributed by atoms with Crippen LogP contribution in [-0.2, 0) is 0 Å². The molecule has 0 bridgehead atoms. The summed E-state index contributed by atoms with van der Waals surface area (Å²) in [6, 6.07) is 15.4. The Hall–Kier alpha value is -2.79. The number of anilines is 1. The van der Waals surface area contributed by atoms with Gasteiger partial charge in [0.2, 0.25) is 0 Å². The van der Waals surface area contributed by atoms with Gasteiger partial charge in [0.05, 0.1) is 18.0 Å². The molecular formula is C23H31N3O2. The SMILES string of the molecule is CC(=O)c1cccc(/C(=C/CNc2ccccc2OCCC(C)C)N(C)N)c1. The van der Waals surface area contributed by atoms with Crippen LogP contribution in [0.5, 0.6) is 5.75 Å². The fourth-order valence-electron chi connectivity index (χ4n) is 2.76. The Morgan fingerprint density at radius 3 is 2.57 bits per heavy atom. The zero-order valence-corrected chi connectivity index (χ0v) is 17.2. The minimum absolute atomic E-state index is 0.0338. The number of ketones is 1. The molecule has 0 aromatic heterocycles. The van der Waals surface area contributed by atoms with Gasteiger partial charge in [-0.2, -0.15) is 0 Å². The van der Waals surface area contributed by atoms with Gasteiger partial charge in [-0.15, -0.1) is 0 Å². The van der Waals surface area contributed by atoms with Crippen LogP contribution < -0.4 is 15.9 Å². The molecule has 5 nitrogen and oxygen atoms in total. The van der Waals surface area contributed by atoms with Crippen molar-refractivity contribution in [3.8, 4) is 5.75 Å². The van der Waals surface area contributed by atoms with Gasteiger partial charge in [0.15, 0.2) is 5.78 Å². The number of hydrazine groups is 1. The van der Waals surface area contributed by atoms with Gasteiger partial charge in [-0.25, -0.2) is 5.84 Å². The molecule has 0 radical (unpaired) electrons. The zero-order chi connectivity index (χ0) is 20.5. The van der Waals surface area contributed by atoms with Crippen molar-refractivity contribution in [3.05, 3.63) is 65.7 Å². The first-order chi connectivity index (χ1) is 13.4. The van der Waals surface area contributed by atoms with Crippen LogP contribution in [-0.4, -0.2) is 31.0 Å². The number of benzene rings is 2. The van der Waals surface area contributed by atoms with Crippen molar-refractivity contribution in [1.29, 1.82) is 0 Å². The molecule has 0 atom stereocenters. The fourth-order valence-corrected chi connectivity index (χ4v) is 2.76. The van der Waals surface area contributed by atoms with Gasteiger partial charge in [0.25, 0.3) is 0 Å². The van der Waals surface area contributed by atoms with Crippen molar-refractivity contribution in [2.24, 2.45) is 11.8 Å². The van der Waals surface area contributed by atoms with Crippen LogP contribution in [0.25, 0.3) is 5.70 Å². The molecule has 0 unspecified atom stereocenters. The summed E-state index contributed by atoms with van der Waals surface area (Å²) in [5.74, 6) is 7.51. The van der Waals surface area contributed by atoms with Gasteiger partial charge >= 0.3 is 0 Å². The van der Waals surface area contributed by atoms with Crippen LogP contribution in [0, 0.1) is 5.92 Å². The molecule has 0 saturated carbocycles. The third-order valence-corrected chi connectivity index (χ3v) is 4.37. The second kappa shape index (κ2) is 10.5. The summed E-state index contributed by atoms with van der Waals surface area (Å²) in [5, 5.41) is 4.95. The van der Waals surface area contributed by atoms with Gasteiger partial charge in [-0.3, -0.25) is 4.79 Å². The summed E-state index contributed by atoms with van der Waals surface area (Å²) in [5.41, 5.74) is 3.36. The van der Waals surface area contributed by atoms with Crippen molar-refractivity contribution in [1.82, 2.24) is 5.01 Å². The van der Waals surface area contributed by atoms with E-state index in [-0.39, 0.29) is 5.78 Å². The molecule has 28 heavy (non-hydrogen) atoms. The zero-order valence-electron chi connectivity index (χ0n) is 17.2. The Labute approximate surface area is 168 Å². The van der Waals surface area contributed by atoms with Gasteiger partial charge in [0, 0.05) is 19.2 Å². The van der Waals surface area contributed by atoms with Crippen LogP contribution in [0.2, 0.25) is 0 Å². The molecule has 150 valence electrons. The molecule has 0 heterocycles. The normalized spacial score (nSPS) is 11.4. The third kappa shape index (κ3) is 6.43.